The first-order valence-corrected chi connectivity index (χ1v) is 6.08. The van der Waals surface area contributed by atoms with Crippen LogP contribution in [0.3, 0.4) is 0 Å². The molecule has 5 nitrogen and oxygen atoms in total. The number of halogens is 4. The highest BCUT2D eigenvalue weighted by molar-refractivity contribution is 5.85. The number of rotatable bonds is 4. The lowest BCUT2D eigenvalue weighted by Gasteiger charge is -2.33. The van der Waals surface area contributed by atoms with E-state index in [0.29, 0.717) is 26.2 Å². The molecule has 21 heavy (non-hydrogen) atoms. The largest absolute Gasteiger partial charge is 0.314 e. The van der Waals surface area contributed by atoms with Crippen LogP contribution in [0.2, 0.25) is 0 Å². The van der Waals surface area contributed by atoms with Gasteiger partial charge >= 0.3 is 0 Å². The van der Waals surface area contributed by atoms with Crippen LogP contribution in [0.25, 0.3) is 0 Å². The maximum Gasteiger partial charge on any atom is 0.269 e. The third kappa shape index (κ3) is 4.74. The summed E-state index contributed by atoms with van der Waals surface area (Å²) in [5.41, 5.74) is -0.163. The van der Waals surface area contributed by atoms with Crippen molar-refractivity contribution in [2.75, 3.05) is 32.9 Å². The van der Waals surface area contributed by atoms with Crippen LogP contribution in [0.1, 0.15) is 11.6 Å². The quantitative estimate of drug-likeness (QED) is 0.674. The van der Waals surface area contributed by atoms with Gasteiger partial charge in [-0.1, -0.05) is 0 Å². The zero-order valence-corrected chi connectivity index (χ0v) is 12.8. The molecule has 2 rings (SSSR count). The number of nitrogens with one attached hydrogen (secondary N) is 1. The first-order valence-electron chi connectivity index (χ1n) is 6.08. The topological polar surface area (TPSA) is 58.4 Å². The van der Waals surface area contributed by atoms with Crippen molar-refractivity contribution < 1.29 is 13.7 Å². The Morgan fingerprint density at radius 3 is 2.48 bits per heavy atom. The number of non-ortho nitro benzene ring substituents is 1. The number of nitro groups is 1. The van der Waals surface area contributed by atoms with E-state index in [9.17, 15) is 18.9 Å². The molecule has 1 atom stereocenters. The fourth-order valence-electron chi connectivity index (χ4n) is 2.27. The molecule has 0 spiro atoms. The average Bonchev–Trinajstić information content (AvgIpc) is 2.42. The fraction of sp³-hybridized carbons (Fsp3) is 0.500. The lowest BCUT2D eigenvalue weighted by Crippen LogP contribution is -2.45. The summed E-state index contributed by atoms with van der Waals surface area (Å²) in [6.45, 7) is 1.83. The summed E-state index contributed by atoms with van der Waals surface area (Å²) in [5, 5.41) is 13.8. The maximum atomic E-state index is 13.8. The Morgan fingerprint density at radius 2 is 1.95 bits per heavy atom. The summed E-state index contributed by atoms with van der Waals surface area (Å²) in [7, 11) is 0. The van der Waals surface area contributed by atoms with E-state index in [-0.39, 0.29) is 36.1 Å². The third-order valence-corrected chi connectivity index (χ3v) is 3.29. The molecule has 1 aliphatic heterocycles. The lowest BCUT2D eigenvalue weighted by atomic mass is 10.0. The van der Waals surface area contributed by atoms with Gasteiger partial charge in [0.1, 0.15) is 12.5 Å². The number of benzene rings is 1. The molecule has 1 aromatic carbocycles. The fourth-order valence-corrected chi connectivity index (χ4v) is 2.27. The molecule has 0 radical (unpaired) electrons. The highest BCUT2D eigenvalue weighted by Gasteiger charge is 2.26. The Morgan fingerprint density at radius 1 is 1.33 bits per heavy atom. The minimum absolute atomic E-state index is 0. The van der Waals surface area contributed by atoms with Gasteiger partial charge in [0.05, 0.1) is 11.0 Å². The third-order valence-electron chi connectivity index (χ3n) is 3.29. The van der Waals surface area contributed by atoms with E-state index < -0.39 is 23.5 Å². The van der Waals surface area contributed by atoms with E-state index >= 15 is 0 Å². The maximum absolute atomic E-state index is 13.8. The molecule has 1 saturated heterocycles. The van der Waals surface area contributed by atoms with Crippen molar-refractivity contribution in [1.82, 2.24) is 10.2 Å². The van der Waals surface area contributed by atoms with Crippen molar-refractivity contribution in [3.63, 3.8) is 0 Å². The first kappa shape index (κ1) is 20.0. The number of hydrogen-bond acceptors (Lipinski definition) is 4. The number of nitrogens with zero attached hydrogens (tertiary/aromatic N) is 2. The molecule has 1 fully saturated rings. The molecular weight excluding hydrogens is 327 g/mol. The zero-order chi connectivity index (χ0) is 13.8. The molecule has 0 bridgehead atoms. The SMILES string of the molecule is Cl.Cl.O=[N+]([O-])c1ccc(F)c([C@H](CF)N2CCNCC2)c1. The van der Waals surface area contributed by atoms with Gasteiger partial charge in [0.2, 0.25) is 0 Å². The molecule has 0 aromatic heterocycles. The van der Waals surface area contributed by atoms with Gasteiger partial charge in [-0.3, -0.25) is 15.0 Å². The van der Waals surface area contributed by atoms with Gasteiger partial charge in [-0.2, -0.15) is 0 Å². The van der Waals surface area contributed by atoms with Gasteiger partial charge in [-0.15, -0.1) is 24.8 Å². The van der Waals surface area contributed by atoms with E-state index in [0.717, 1.165) is 18.2 Å². The van der Waals surface area contributed by atoms with Crippen molar-refractivity contribution in [3.8, 4) is 0 Å². The molecule has 0 amide bonds. The van der Waals surface area contributed by atoms with Gasteiger partial charge in [0.25, 0.3) is 5.69 Å². The van der Waals surface area contributed by atoms with Gasteiger partial charge in [-0.25, -0.2) is 8.78 Å². The molecule has 1 aromatic rings. The molecule has 1 aliphatic rings. The molecule has 1 N–H and O–H groups in total. The van der Waals surface area contributed by atoms with Gasteiger partial charge in [0.15, 0.2) is 0 Å². The molecule has 9 heteroatoms. The van der Waals surface area contributed by atoms with Crippen LogP contribution in [-0.2, 0) is 0 Å². The monoisotopic (exact) mass is 343 g/mol. The predicted octanol–water partition coefficient (Wildman–Crippen LogP) is 2.49. The van der Waals surface area contributed by atoms with E-state index in [1.165, 1.54) is 0 Å². The number of piperazine rings is 1. The highest BCUT2D eigenvalue weighted by Crippen LogP contribution is 2.27. The van der Waals surface area contributed by atoms with Crippen LogP contribution in [0.15, 0.2) is 18.2 Å². The molecule has 1 heterocycles. The van der Waals surface area contributed by atoms with Crippen molar-refractivity contribution in [2.24, 2.45) is 0 Å². The highest BCUT2D eigenvalue weighted by atomic mass is 35.5. The molecular formula is C12H17Cl2F2N3O2. The Kier molecular flexibility index (Phi) is 8.65. The lowest BCUT2D eigenvalue weighted by molar-refractivity contribution is -0.385. The van der Waals surface area contributed by atoms with Crippen LogP contribution in [-0.4, -0.2) is 42.7 Å². The van der Waals surface area contributed by atoms with Crippen LogP contribution < -0.4 is 5.32 Å². The second-order valence-corrected chi connectivity index (χ2v) is 4.42. The minimum Gasteiger partial charge on any atom is -0.314 e. The van der Waals surface area contributed by atoms with Crippen LogP contribution in [0.5, 0.6) is 0 Å². The molecule has 0 saturated carbocycles. The number of hydrogen-bond donors (Lipinski definition) is 1. The smallest absolute Gasteiger partial charge is 0.269 e. The van der Waals surface area contributed by atoms with Gasteiger partial charge in [-0.05, 0) is 6.07 Å². The van der Waals surface area contributed by atoms with E-state index in [1.807, 2.05) is 0 Å². The summed E-state index contributed by atoms with van der Waals surface area (Å²) >= 11 is 0. The van der Waals surface area contributed by atoms with E-state index in [1.54, 1.807) is 4.90 Å². The standard InChI is InChI=1S/C12H15F2N3O2.2ClH/c13-8-12(16-5-3-15-4-6-16)10-7-9(17(18)19)1-2-11(10)14;;/h1-2,7,12,15H,3-6,8H2;2*1H/t12-;;/m0../s1. The second-order valence-electron chi connectivity index (χ2n) is 4.42. The Labute approximate surface area is 133 Å². The van der Waals surface area contributed by atoms with Gasteiger partial charge < -0.3 is 5.32 Å². The normalized spacial score (nSPS) is 16.5. The van der Waals surface area contributed by atoms with Crippen molar-refractivity contribution in [1.29, 1.82) is 0 Å². The minimum atomic E-state index is -0.766. The summed E-state index contributed by atoms with van der Waals surface area (Å²) in [6, 6.07) is 2.48. The Bertz CT molecular complexity index is 474. The number of alkyl halides is 1. The summed E-state index contributed by atoms with van der Waals surface area (Å²) in [6.07, 6.45) is 0. The van der Waals surface area contributed by atoms with Crippen LogP contribution in [0.4, 0.5) is 14.5 Å². The molecule has 120 valence electrons. The van der Waals surface area contributed by atoms with E-state index in [2.05, 4.69) is 5.32 Å². The summed E-state index contributed by atoms with van der Waals surface area (Å²) < 4.78 is 27.0. The molecule has 0 unspecified atom stereocenters. The van der Waals surface area contributed by atoms with Crippen LogP contribution in [0, 0.1) is 15.9 Å². The summed E-state index contributed by atoms with van der Waals surface area (Å²) in [5.74, 6) is -0.605. The number of nitro benzene ring substituents is 1. The van der Waals surface area contributed by atoms with Crippen molar-refractivity contribution in [2.45, 2.75) is 6.04 Å². The van der Waals surface area contributed by atoms with Crippen molar-refractivity contribution >= 4 is 30.5 Å². The molecule has 0 aliphatic carbocycles. The average molecular weight is 344 g/mol. The zero-order valence-electron chi connectivity index (χ0n) is 11.1. The van der Waals surface area contributed by atoms with Crippen molar-refractivity contribution in [3.05, 3.63) is 39.7 Å². The predicted molar refractivity (Wildman–Crippen MR) is 80.7 cm³/mol. The van der Waals surface area contributed by atoms with Gasteiger partial charge in [0, 0.05) is 43.9 Å². The Balaban J connectivity index is 0.00000200. The van der Waals surface area contributed by atoms with Crippen LogP contribution >= 0.6 is 24.8 Å². The Hall–Kier alpha value is -1.02. The first-order chi connectivity index (χ1) is 9.13. The van der Waals surface area contributed by atoms with E-state index in [4.69, 9.17) is 0 Å². The second kappa shape index (κ2) is 9.09. The summed E-state index contributed by atoms with van der Waals surface area (Å²) in [4.78, 5) is 11.9.